The molecule has 2 N–H and O–H groups in total. The number of nitrogens with one attached hydrogen (secondary N) is 1. The second kappa shape index (κ2) is 12.2. The van der Waals surface area contributed by atoms with Crippen molar-refractivity contribution >= 4 is 23.5 Å². The van der Waals surface area contributed by atoms with Crippen LogP contribution in [0.4, 0.5) is 18.9 Å². The summed E-state index contributed by atoms with van der Waals surface area (Å²) in [6.07, 6.45) is -2.51. The van der Waals surface area contributed by atoms with Crippen LogP contribution in [0.2, 0.25) is 0 Å². The number of aryl methyl sites for hydroxylation is 1. The predicted octanol–water partition coefficient (Wildman–Crippen LogP) is 4.01. The lowest BCUT2D eigenvalue weighted by Gasteiger charge is -2.25. The summed E-state index contributed by atoms with van der Waals surface area (Å²) in [6.45, 7) is 3.39. The summed E-state index contributed by atoms with van der Waals surface area (Å²) in [6, 6.07) is 15.1. The van der Waals surface area contributed by atoms with Gasteiger partial charge >= 0.3 is 12.1 Å². The van der Waals surface area contributed by atoms with E-state index < -0.39 is 18.2 Å². The van der Waals surface area contributed by atoms with Gasteiger partial charge in [-0.2, -0.15) is 13.2 Å². The molecule has 1 fully saturated rings. The summed E-state index contributed by atoms with van der Waals surface area (Å²) < 4.78 is 31.7. The molecule has 0 bridgehead atoms. The predicted molar refractivity (Wildman–Crippen MR) is 126 cm³/mol. The lowest BCUT2D eigenvalue weighted by Crippen LogP contribution is -2.47. The fourth-order valence-electron chi connectivity index (χ4n) is 3.54. The lowest BCUT2D eigenvalue weighted by molar-refractivity contribution is -0.192. The van der Waals surface area contributed by atoms with Crippen molar-refractivity contribution in [1.29, 1.82) is 0 Å². The molecule has 3 rings (SSSR count). The molecule has 1 unspecified atom stereocenters. The van der Waals surface area contributed by atoms with Crippen molar-refractivity contribution in [2.24, 2.45) is 0 Å². The van der Waals surface area contributed by atoms with Gasteiger partial charge in [0.25, 0.3) is 5.91 Å². The molecule has 2 amide bonds. The number of hydrogen-bond donors (Lipinski definition) is 2. The smallest absolute Gasteiger partial charge is 0.475 e. The number of alkyl halides is 3. The molecule has 0 saturated carbocycles. The maximum absolute atomic E-state index is 13.1. The van der Waals surface area contributed by atoms with Crippen LogP contribution in [0, 0.1) is 6.92 Å². The van der Waals surface area contributed by atoms with Gasteiger partial charge in [-0.25, -0.2) is 4.79 Å². The number of anilines is 1. The van der Waals surface area contributed by atoms with Crippen molar-refractivity contribution in [3.63, 3.8) is 0 Å². The van der Waals surface area contributed by atoms with E-state index in [1.165, 1.54) is 5.56 Å². The second-order valence-corrected chi connectivity index (χ2v) is 8.45. The summed E-state index contributed by atoms with van der Waals surface area (Å²) in [5.41, 5.74) is 3.95. The first-order valence-corrected chi connectivity index (χ1v) is 11.1. The number of aliphatic carboxylic acids is 1. The summed E-state index contributed by atoms with van der Waals surface area (Å²) in [5, 5.41) is 10.1. The molecule has 10 heteroatoms. The van der Waals surface area contributed by atoms with Gasteiger partial charge in [0.15, 0.2) is 0 Å². The Morgan fingerprint density at radius 3 is 2.23 bits per heavy atom. The highest BCUT2D eigenvalue weighted by Gasteiger charge is 2.38. The maximum Gasteiger partial charge on any atom is 0.490 e. The SMILES string of the molecule is Cc1ccccc1CN1CCCCC(NC(=O)c2ccc(N(C)C)cc2)C1=O.O=C(O)C(F)(F)F. The van der Waals surface area contributed by atoms with E-state index in [1.54, 1.807) is 12.1 Å². The molecule has 2 aromatic carbocycles. The Balaban J connectivity index is 0.000000540. The molecule has 2 aromatic rings. The number of benzene rings is 2. The number of nitrogens with zero attached hydrogens (tertiary/aromatic N) is 2. The van der Waals surface area contributed by atoms with E-state index in [9.17, 15) is 22.8 Å². The maximum atomic E-state index is 13.1. The average Bonchev–Trinajstić information content (AvgIpc) is 2.96. The number of carboxylic acid groups (broad SMARTS) is 1. The third-order valence-corrected chi connectivity index (χ3v) is 5.60. The number of amides is 2. The van der Waals surface area contributed by atoms with Crippen molar-refractivity contribution in [2.45, 2.75) is 44.9 Å². The molecule has 0 aromatic heterocycles. The van der Waals surface area contributed by atoms with Gasteiger partial charge < -0.3 is 20.2 Å². The number of likely N-dealkylation sites (tertiary alicyclic amines) is 1. The molecule has 35 heavy (non-hydrogen) atoms. The van der Waals surface area contributed by atoms with Crippen LogP contribution in [0.3, 0.4) is 0 Å². The molecule has 7 nitrogen and oxygen atoms in total. The van der Waals surface area contributed by atoms with Crippen LogP contribution in [-0.4, -0.2) is 60.6 Å². The Labute approximate surface area is 202 Å². The minimum atomic E-state index is -5.08. The fraction of sp³-hybridized carbons (Fsp3) is 0.400. The molecule has 0 spiro atoms. The van der Waals surface area contributed by atoms with Crippen LogP contribution < -0.4 is 10.2 Å². The zero-order chi connectivity index (χ0) is 26.2. The molecule has 0 radical (unpaired) electrons. The normalized spacial score (nSPS) is 16.0. The molecule has 1 atom stereocenters. The highest BCUT2D eigenvalue weighted by atomic mass is 19.4. The third kappa shape index (κ3) is 8.31. The molecule has 1 saturated heterocycles. The van der Waals surface area contributed by atoms with Crippen molar-refractivity contribution in [1.82, 2.24) is 10.2 Å². The van der Waals surface area contributed by atoms with Crippen LogP contribution in [0.5, 0.6) is 0 Å². The minimum Gasteiger partial charge on any atom is -0.475 e. The summed E-state index contributed by atoms with van der Waals surface area (Å²) in [4.78, 5) is 38.5. The minimum absolute atomic E-state index is 0.0130. The van der Waals surface area contributed by atoms with E-state index in [0.717, 1.165) is 30.6 Å². The Hall–Kier alpha value is -3.56. The van der Waals surface area contributed by atoms with Crippen LogP contribution in [0.15, 0.2) is 48.5 Å². The van der Waals surface area contributed by atoms with Crippen LogP contribution >= 0.6 is 0 Å². The first-order valence-electron chi connectivity index (χ1n) is 11.1. The molecule has 1 aliphatic rings. The number of carboxylic acids is 1. The first kappa shape index (κ1) is 27.7. The Kier molecular flexibility index (Phi) is 9.68. The van der Waals surface area contributed by atoms with E-state index in [4.69, 9.17) is 9.90 Å². The molecular formula is C25H30F3N3O4. The Bertz CT molecular complexity index is 1020. The summed E-state index contributed by atoms with van der Waals surface area (Å²) in [7, 11) is 3.92. The molecular weight excluding hydrogens is 463 g/mol. The Morgan fingerprint density at radius 2 is 1.69 bits per heavy atom. The molecule has 0 aliphatic carbocycles. The highest BCUT2D eigenvalue weighted by Crippen LogP contribution is 2.18. The fourth-order valence-corrected chi connectivity index (χ4v) is 3.54. The van der Waals surface area contributed by atoms with Gasteiger partial charge in [-0.15, -0.1) is 0 Å². The van der Waals surface area contributed by atoms with Crippen molar-refractivity contribution in [2.75, 3.05) is 25.5 Å². The molecule has 1 aliphatic heterocycles. The van der Waals surface area contributed by atoms with Gasteiger partial charge in [0.1, 0.15) is 6.04 Å². The number of carbonyl (C=O) groups is 3. The standard InChI is InChI=1S/C23H29N3O2.C2HF3O2/c1-17-8-4-5-9-19(17)16-26-15-7-6-10-21(23(26)28)24-22(27)18-11-13-20(14-12-18)25(2)3;3-2(4,5)1(6)7/h4-5,8-9,11-14,21H,6-7,10,15-16H2,1-3H3,(H,24,27);(H,6,7). The largest absolute Gasteiger partial charge is 0.490 e. The molecule has 1 heterocycles. The number of hydrogen-bond acceptors (Lipinski definition) is 4. The Morgan fingerprint density at radius 1 is 1.09 bits per heavy atom. The van der Waals surface area contributed by atoms with Crippen LogP contribution in [0.25, 0.3) is 0 Å². The lowest BCUT2D eigenvalue weighted by atomic mass is 10.1. The van der Waals surface area contributed by atoms with Crippen molar-refractivity contribution < 1.29 is 32.7 Å². The van der Waals surface area contributed by atoms with Crippen LogP contribution in [0.1, 0.15) is 40.7 Å². The third-order valence-electron chi connectivity index (χ3n) is 5.60. The summed E-state index contributed by atoms with van der Waals surface area (Å²) in [5.74, 6) is -2.94. The second-order valence-electron chi connectivity index (χ2n) is 8.45. The van der Waals surface area contributed by atoms with E-state index in [0.29, 0.717) is 18.5 Å². The van der Waals surface area contributed by atoms with Crippen molar-refractivity contribution in [3.05, 3.63) is 65.2 Å². The highest BCUT2D eigenvalue weighted by molar-refractivity contribution is 5.97. The zero-order valence-corrected chi connectivity index (χ0v) is 19.9. The topological polar surface area (TPSA) is 90.0 Å². The van der Waals surface area contributed by atoms with Gasteiger partial charge in [0, 0.05) is 38.4 Å². The van der Waals surface area contributed by atoms with E-state index in [-0.39, 0.29) is 11.8 Å². The summed E-state index contributed by atoms with van der Waals surface area (Å²) >= 11 is 0. The van der Waals surface area contributed by atoms with Crippen molar-refractivity contribution in [3.8, 4) is 0 Å². The number of halogens is 3. The number of rotatable bonds is 5. The zero-order valence-electron chi connectivity index (χ0n) is 19.9. The molecule has 190 valence electrons. The van der Waals surface area contributed by atoms with Gasteiger partial charge in [-0.3, -0.25) is 9.59 Å². The van der Waals surface area contributed by atoms with E-state index >= 15 is 0 Å². The average molecular weight is 494 g/mol. The monoisotopic (exact) mass is 493 g/mol. The van der Waals surface area contributed by atoms with Gasteiger partial charge in [-0.05, 0) is 61.6 Å². The van der Waals surface area contributed by atoms with Crippen LogP contribution in [-0.2, 0) is 16.1 Å². The van der Waals surface area contributed by atoms with E-state index in [2.05, 4.69) is 24.4 Å². The number of carbonyl (C=O) groups excluding carboxylic acids is 2. The van der Waals surface area contributed by atoms with Gasteiger partial charge in [-0.1, -0.05) is 24.3 Å². The first-order chi connectivity index (χ1) is 16.4. The van der Waals surface area contributed by atoms with E-state index in [1.807, 2.05) is 48.2 Å². The van der Waals surface area contributed by atoms with Gasteiger partial charge in [0.05, 0.1) is 0 Å². The van der Waals surface area contributed by atoms with Gasteiger partial charge in [0.2, 0.25) is 5.91 Å². The quantitative estimate of drug-likeness (QED) is 0.657.